The quantitative estimate of drug-likeness (QED) is 0.589. The number of carbonyl (C=O) groups excluding carboxylic acids is 1. The Labute approximate surface area is 121 Å². The van der Waals surface area contributed by atoms with Gasteiger partial charge in [0.05, 0.1) is 6.42 Å². The van der Waals surface area contributed by atoms with Gasteiger partial charge in [-0.15, -0.1) is 0 Å². The molecule has 7 heteroatoms. The molecule has 1 aromatic heterocycles. The Morgan fingerprint density at radius 3 is 2.80 bits per heavy atom. The first-order chi connectivity index (χ1) is 9.47. The number of ether oxygens (including phenoxy) is 1. The van der Waals surface area contributed by atoms with Gasteiger partial charge >= 0.3 is 11.9 Å². The maximum Gasteiger partial charge on any atom is 0.307 e. The Bertz CT molecular complexity index is 500. The van der Waals surface area contributed by atoms with Crippen molar-refractivity contribution in [3.8, 4) is 0 Å². The highest BCUT2D eigenvalue weighted by Crippen LogP contribution is 2.06. The van der Waals surface area contributed by atoms with Crippen molar-refractivity contribution in [3.63, 3.8) is 0 Å². The Hall–Kier alpha value is -2.08. The number of nitrogens with zero attached hydrogens (tertiary/aromatic N) is 1. The molecule has 0 radical (unpaired) electrons. The van der Waals surface area contributed by atoms with Crippen LogP contribution in [0.5, 0.6) is 0 Å². The van der Waals surface area contributed by atoms with E-state index in [2.05, 4.69) is 10.3 Å². The van der Waals surface area contributed by atoms with Gasteiger partial charge in [0, 0.05) is 25.4 Å². The molecule has 0 spiro atoms. The number of aromatic nitrogens is 1. The van der Waals surface area contributed by atoms with E-state index >= 15 is 0 Å². The van der Waals surface area contributed by atoms with Gasteiger partial charge in [0.2, 0.25) is 0 Å². The highest BCUT2D eigenvalue weighted by atomic mass is 35.5. The maximum absolute atomic E-state index is 10.8. The van der Waals surface area contributed by atoms with Crippen LogP contribution < -0.4 is 5.32 Å². The lowest BCUT2D eigenvalue weighted by molar-refractivity contribution is -0.140. The summed E-state index contributed by atoms with van der Waals surface area (Å²) in [6, 6.07) is 3.45. The zero-order valence-corrected chi connectivity index (χ0v) is 11.7. The lowest BCUT2D eigenvalue weighted by Gasteiger charge is -2.11. The van der Waals surface area contributed by atoms with Crippen molar-refractivity contribution in [1.82, 2.24) is 10.3 Å². The first-order valence-corrected chi connectivity index (χ1v) is 6.23. The van der Waals surface area contributed by atoms with E-state index in [0.717, 1.165) is 5.56 Å². The van der Waals surface area contributed by atoms with Gasteiger partial charge < -0.3 is 15.2 Å². The molecule has 0 saturated carbocycles. The highest BCUT2D eigenvalue weighted by Gasteiger charge is 2.03. The molecule has 6 nitrogen and oxygen atoms in total. The molecular formula is C13H15ClN2O4. The van der Waals surface area contributed by atoms with Crippen LogP contribution in [0.2, 0.25) is 5.15 Å². The molecule has 0 unspecified atom stereocenters. The van der Waals surface area contributed by atoms with Crippen molar-refractivity contribution in [2.45, 2.75) is 19.9 Å². The van der Waals surface area contributed by atoms with Crippen LogP contribution >= 0.6 is 11.6 Å². The lowest BCUT2D eigenvalue weighted by atomic mass is 10.2. The van der Waals surface area contributed by atoms with Gasteiger partial charge in [0.25, 0.3) is 0 Å². The topological polar surface area (TPSA) is 88.5 Å². The van der Waals surface area contributed by atoms with Crippen molar-refractivity contribution in [2.75, 3.05) is 6.61 Å². The zero-order valence-electron chi connectivity index (χ0n) is 10.9. The van der Waals surface area contributed by atoms with Crippen molar-refractivity contribution in [3.05, 3.63) is 40.8 Å². The fourth-order valence-electron chi connectivity index (χ4n) is 1.30. The summed E-state index contributed by atoms with van der Waals surface area (Å²) in [5.74, 6) is -1.39. The molecule has 20 heavy (non-hydrogen) atoms. The van der Waals surface area contributed by atoms with Crippen molar-refractivity contribution < 1.29 is 19.4 Å². The molecule has 1 heterocycles. The fourth-order valence-corrected chi connectivity index (χ4v) is 1.41. The Morgan fingerprint density at radius 1 is 1.50 bits per heavy atom. The van der Waals surface area contributed by atoms with Gasteiger partial charge in [-0.05, 0) is 11.6 Å². The summed E-state index contributed by atoms with van der Waals surface area (Å²) in [7, 11) is 0. The molecule has 0 aliphatic rings. The summed E-state index contributed by atoms with van der Waals surface area (Å²) >= 11 is 5.68. The fraction of sp³-hybridized carbons (Fsp3) is 0.308. The average Bonchev–Trinajstić information content (AvgIpc) is 2.39. The standard InChI is InChI=1S/C13H15ClN2O4/c1-9(17)20-8-11(3-5-13(18)19)15-6-10-2-4-12(14)16-7-10/h2-4,7,15H,5-6,8H2,1H3,(H,18,19). The minimum atomic E-state index is -0.958. The smallest absolute Gasteiger partial charge is 0.307 e. The summed E-state index contributed by atoms with van der Waals surface area (Å²) in [4.78, 5) is 25.3. The summed E-state index contributed by atoms with van der Waals surface area (Å²) in [5, 5.41) is 12.1. The zero-order chi connectivity index (χ0) is 15.0. The molecule has 2 N–H and O–H groups in total. The van der Waals surface area contributed by atoms with Crippen molar-refractivity contribution >= 4 is 23.5 Å². The molecular weight excluding hydrogens is 284 g/mol. The molecule has 1 aromatic rings. The maximum atomic E-state index is 10.8. The summed E-state index contributed by atoms with van der Waals surface area (Å²) < 4.78 is 4.84. The monoisotopic (exact) mass is 298 g/mol. The molecule has 0 amide bonds. The molecule has 108 valence electrons. The van der Waals surface area contributed by atoms with Crippen LogP contribution in [0.1, 0.15) is 18.9 Å². The number of hydrogen-bond donors (Lipinski definition) is 2. The summed E-state index contributed by atoms with van der Waals surface area (Å²) in [5.41, 5.74) is 1.40. The predicted molar refractivity (Wildman–Crippen MR) is 73.1 cm³/mol. The van der Waals surface area contributed by atoms with E-state index in [9.17, 15) is 9.59 Å². The van der Waals surface area contributed by atoms with Crippen LogP contribution in [0.3, 0.4) is 0 Å². The van der Waals surface area contributed by atoms with Crippen LogP contribution in [0.25, 0.3) is 0 Å². The number of carboxylic acids is 1. The number of carboxylic acid groups (broad SMARTS) is 1. The van der Waals surface area contributed by atoms with E-state index in [-0.39, 0.29) is 13.0 Å². The van der Waals surface area contributed by atoms with Gasteiger partial charge in [-0.1, -0.05) is 23.7 Å². The van der Waals surface area contributed by atoms with Crippen LogP contribution in [-0.4, -0.2) is 28.6 Å². The lowest BCUT2D eigenvalue weighted by Crippen LogP contribution is -2.19. The van der Waals surface area contributed by atoms with Crippen LogP contribution in [-0.2, 0) is 20.9 Å². The number of rotatable bonds is 7. The predicted octanol–water partition coefficient (Wildman–Crippen LogP) is 1.75. The first-order valence-electron chi connectivity index (χ1n) is 5.86. The molecule has 0 saturated heterocycles. The van der Waals surface area contributed by atoms with Crippen LogP contribution in [0.15, 0.2) is 30.1 Å². The third kappa shape index (κ3) is 6.75. The Balaban J connectivity index is 2.58. The minimum absolute atomic E-state index is 0.00360. The third-order valence-corrected chi connectivity index (χ3v) is 2.49. The molecule has 0 bridgehead atoms. The Kier molecular flexibility index (Phi) is 6.52. The van der Waals surface area contributed by atoms with Crippen LogP contribution in [0, 0.1) is 0 Å². The number of pyridine rings is 1. The molecule has 0 atom stereocenters. The minimum Gasteiger partial charge on any atom is -0.481 e. The van der Waals surface area contributed by atoms with Gasteiger partial charge in [0.15, 0.2) is 0 Å². The molecule has 0 aromatic carbocycles. The summed E-state index contributed by atoms with van der Waals surface area (Å²) in [6.45, 7) is 1.72. The van der Waals surface area contributed by atoms with E-state index < -0.39 is 11.9 Å². The number of hydrogen-bond acceptors (Lipinski definition) is 5. The van der Waals surface area contributed by atoms with Gasteiger partial charge in [-0.2, -0.15) is 0 Å². The number of carbonyl (C=O) groups is 2. The van der Waals surface area contributed by atoms with E-state index in [0.29, 0.717) is 17.4 Å². The van der Waals surface area contributed by atoms with Crippen LogP contribution in [0.4, 0.5) is 0 Å². The van der Waals surface area contributed by atoms with E-state index in [1.165, 1.54) is 13.0 Å². The van der Waals surface area contributed by atoms with Gasteiger partial charge in [-0.3, -0.25) is 9.59 Å². The molecule has 0 aliphatic carbocycles. The number of halogens is 1. The second-order valence-electron chi connectivity index (χ2n) is 3.95. The van der Waals surface area contributed by atoms with Crippen molar-refractivity contribution in [2.24, 2.45) is 0 Å². The number of nitrogens with one attached hydrogen (secondary N) is 1. The third-order valence-electron chi connectivity index (χ3n) is 2.26. The average molecular weight is 299 g/mol. The largest absolute Gasteiger partial charge is 0.481 e. The second-order valence-corrected chi connectivity index (χ2v) is 4.34. The second kappa shape index (κ2) is 8.16. The molecule has 0 fully saturated rings. The van der Waals surface area contributed by atoms with E-state index in [4.69, 9.17) is 21.4 Å². The summed E-state index contributed by atoms with van der Waals surface area (Å²) in [6.07, 6.45) is 2.92. The Morgan fingerprint density at radius 2 is 2.25 bits per heavy atom. The molecule has 0 aliphatic heterocycles. The van der Waals surface area contributed by atoms with E-state index in [1.54, 1.807) is 18.3 Å². The highest BCUT2D eigenvalue weighted by molar-refractivity contribution is 6.29. The van der Waals surface area contributed by atoms with Gasteiger partial charge in [-0.25, -0.2) is 4.98 Å². The van der Waals surface area contributed by atoms with Gasteiger partial charge in [0.1, 0.15) is 11.8 Å². The normalized spacial score (nSPS) is 11.0. The number of aliphatic carboxylic acids is 1. The SMILES string of the molecule is CC(=O)OCC(=CCC(=O)O)NCc1ccc(Cl)nc1. The molecule has 1 rings (SSSR count). The first kappa shape index (κ1) is 16.0. The van der Waals surface area contributed by atoms with E-state index in [1.807, 2.05) is 0 Å². The van der Waals surface area contributed by atoms with Crippen molar-refractivity contribution in [1.29, 1.82) is 0 Å². The number of esters is 1.